The minimum Gasteiger partial charge on any atom is -0.495 e. The van der Waals surface area contributed by atoms with Crippen LogP contribution in [0.2, 0.25) is 23.2 Å². The van der Waals surface area contributed by atoms with Gasteiger partial charge in [0.15, 0.2) is 8.32 Å². The van der Waals surface area contributed by atoms with Crippen LogP contribution in [0.15, 0.2) is 30.5 Å². The number of carbonyl (C=O) groups is 1. The third-order valence-corrected chi connectivity index (χ3v) is 11.5. The number of esters is 1. The van der Waals surface area contributed by atoms with Crippen molar-refractivity contribution in [1.29, 1.82) is 0 Å². The van der Waals surface area contributed by atoms with Gasteiger partial charge in [-0.1, -0.05) is 58.4 Å². The first kappa shape index (κ1) is 31.3. The first-order valence-electron chi connectivity index (χ1n) is 12.9. The normalized spacial score (nSPS) is 14.3. The van der Waals surface area contributed by atoms with E-state index in [2.05, 4.69) is 34.6 Å². The van der Waals surface area contributed by atoms with Crippen molar-refractivity contribution in [3.63, 3.8) is 0 Å². The molecule has 2 aromatic rings. The smallest absolute Gasteiger partial charge is 0.315 e. The lowest BCUT2D eigenvalue weighted by atomic mass is 9.69. The lowest BCUT2D eigenvalue weighted by molar-refractivity contribution is -0.148. The molecule has 2 atom stereocenters. The van der Waals surface area contributed by atoms with Crippen molar-refractivity contribution < 1.29 is 23.5 Å². The fourth-order valence-corrected chi connectivity index (χ4v) is 5.46. The second kappa shape index (κ2) is 12.3. The molecule has 0 fully saturated rings. The number of halogens is 2. The van der Waals surface area contributed by atoms with Crippen LogP contribution in [0.5, 0.6) is 5.75 Å². The summed E-state index contributed by atoms with van der Waals surface area (Å²) in [5.74, 6) is -1.13. The average molecular weight is 552 g/mol. The van der Waals surface area contributed by atoms with Gasteiger partial charge in [-0.05, 0) is 72.5 Å². The lowest BCUT2D eigenvalue weighted by Crippen LogP contribution is -2.40. The van der Waals surface area contributed by atoms with E-state index in [4.69, 9.17) is 26.1 Å². The summed E-state index contributed by atoms with van der Waals surface area (Å²) in [7, 11) is -0.892. The van der Waals surface area contributed by atoms with Gasteiger partial charge < -0.3 is 14.3 Å². The molecule has 0 aliphatic rings. The van der Waals surface area contributed by atoms with E-state index in [9.17, 15) is 14.0 Å². The minimum absolute atomic E-state index is 0.0708. The van der Waals surface area contributed by atoms with Crippen LogP contribution in [0.4, 0.5) is 4.39 Å². The SMILES string of the molecule is CCOC(=O)C(c1ncc(Cc2cccc(Cl)c2F)cc1OC)[C@H](CCC(C)(C)[Si](C)(C)O)C(C)(C)C. The van der Waals surface area contributed by atoms with Crippen molar-refractivity contribution in [2.24, 2.45) is 11.3 Å². The van der Waals surface area contributed by atoms with E-state index < -0.39 is 20.1 Å². The molecule has 0 bridgehead atoms. The summed E-state index contributed by atoms with van der Waals surface area (Å²) in [4.78, 5) is 29.0. The zero-order valence-electron chi connectivity index (χ0n) is 23.7. The number of nitrogens with zero attached hydrogens (tertiary/aromatic N) is 1. The molecule has 8 heteroatoms. The van der Waals surface area contributed by atoms with Gasteiger partial charge in [-0.25, -0.2) is 4.39 Å². The second-order valence-electron chi connectivity index (χ2n) is 12.0. The quantitative estimate of drug-likeness (QED) is 0.231. The Morgan fingerprint density at radius 1 is 1.22 bits per heavy atom. The molecule has 0 aliphatic carbocycles. The highest BCUT2D eigenvalue weighted by Gasteiger charge is 2.44. The number of hydrogen-bond donors (Lipinski definition) is 1. The molecule has 0 spiro atoms. The summed E-state index contributed by atoms with van der Waals surface area (Å²) in [6, 6.07) is 6.72. The zero-order valence-corrected chi connectivity index (χ0v) is 25.5. The standard InChI is InChI=1S/C29H43ClFNO4Si/c1-10-36-27(33)24(21(28(2,3)4)14-15-29(5,6)37(8,9)34)26-23(35-7)17-19(18-32-26)16-20-12-11-13-22(30)25(20)31/h11-13,17-18,21,24,34H,10,14-16H2,1-9H3/t21-,24?/m0/s1. The number of hydrogen-bond acceptors (Lipinski definition) is 5. The van der Waals surface area contributed by atoms with Gasteiger partial charge in [0.05, 0.1) is 24.4 Å². The lowest BCUT2D eigenvalue weighted by Gasteiger charge is -2.41. The highest BCUT2D eigenvalue weighted by Crippen LogP contribution is 2.48. The summed E-state index contributed by atoms with van der Waals surface area (Å²) in [6.45, 7) is 16.5. The Hall–Kier alpha value is -1.96. The first-order valence-corrected chi connectivity index (χ1v) is 16.2. The number of carbonyl (C=O) groups excluding carboxylic acids is 1. The fraction of sp³-hybridized carbons (Fsp3) is 0.586. The van der Waals surface area contributed by atoms with Crippen LogP contribution in [0, 0.1) is 17.2 Å². The van der Waals surface area contributed by atoms with E-state index in [0.717, 1.165) is 12.0 Å². The first-order chi connectivity index (χ1) is 17.0. The van der Waals surface area contributed by atoms with Crippen LogP contribution in [-0.4, -0.2) is 37.8 Å². The predicted octanol–water partition coefficient (Wildman–Crippen LogP) is 7.54. The molecule has 0 radical (unpaired) electrons. The highest BCUT2D eigenvalue weighted by atomic mass is 35.5. The Morgan fingerprint density at radius 2 is 1.86 bits per heavy atom. The van der Waals surface area contributed by atoms with E-state index in [-0.39, 0.29) is 40.4 Å². The van der Waals surface area contributed by atoms with Crippen LogP contribution in [0.25, 0.3) is 0 Å². The predicted molar refractivity (Wildman–Crippen MR) is 150 cm³/mol. The average Bonchev–Trinajstić information content (AvgIpc) is 2.78. The summed E-state index contributed by atoms with van der Waals surface area (Å²) in [5.41, 5.74) is 1.45. The van der Waals surface area contributed by atoms with Crippen molar-refractivity contribution in [1.82, 2.24) is 4.98 Å². The maximum absolute atomic E-state index is 14.5. The highest BCUT2D eigenvalue weighted by molar-refractivity contribution is 6.72. The van der Waals surface area contributed by atoms with Crippen LogP contribution in [-0.2, 0) is 16.0 Å². The number of pyridine rings is 1. The Kier molecular flexibility index (Phi) is 10.4. The number of methoxy groups -OCH3 is 1. The number of ether oxygens (including phenoxy) is 2. The number of benzene rings is 1. The number of rotatable bonds is 11. The Balaban J connectivity index is 2.54. The second-order valence-corrected chi connectivity index (χ2v) is 16.9. The van der Waals surface area contributed by atoms with Gasteiger partial charge in [0.25, 0.3) is 0 Å². The third-order valence-electron chi connectivity index (χ3n) is 7.67. The molecule has 1 aromatic heterocycles. The van der Waals surface area contributed by atoms with E-state index in [1.165, 1.54) is 6.07 Å². The Labute approximate surface area is 227 Å². The molecule has 206 valence electrons. The Morgan fingerprint density at radius 3 is 2.41 bits per heavy atom. The maximum atomic E-state index is 14.5. The molecule has 1 N–H and O–H groups in total. The van der Waals surface area contributed by atoms with Crippen LogP contribution in [0.1, 0.15) is 77.1 Å². The van der Waals surface area contributed by atoms with E-state index in [0.29, 0.717) is 23.4 Å². The molecule has 0 aliphatic heterocycles. The zero-order chi connectivity index (χ0) is 28.2. The van der Waals surface area contributed by atoms with E-state index in [1.807, 2.05) is 19.2 Å². The maximum Gasteiger partial charge on any atom is 0.315 e. The minimum atomic E-state index is -2.43. The molecule has 2 rings (SSSR count). The molecule has 37 heavy (non-hydrogen) atoms. The molecule has 0 saturated carbocycles. The summed E-state index contributed by atoms with van der Waals surface area (Å²) >= 11 is 5.96. The Bertz CT molecular complexity index is 1080. The van der Waals surface area contributed by atoms with Gasteiger partial charge in [0.2, 0.25) is 0 Å². The molecule has 1 heterocycles. The van der Waals surface area contributed by atoms with E-state index in [1.54, 1.807) is 32.4 Å². The molecule has 1 unspecified atom stereocenters. The van der Waals surface area contributed by atoms with Gasteiger partial charge in [0, 0.05) is 12.6 Å². The van der Waals surface area contributed by atoms with Crippen LogP contribution >= 0.6 is 11.6 Å². The van der Waals surface area contributed by atoms with Crippen molar-refractivity contribution in [3.8, 4) is 5.75 Å². The van der Waals surface area contributed by atoms with Crippen LogP contribution in [0.3, 0.4) is 0 Å². The van der Waals surface area contributed by atoms with Crippen molar-refractivity contribution >= 4 is 25.9 Å². The summed E-state index contributed by atoms with van der Waals surface area (Å²) in [6.07, 6.45) is 3.41. The largest absolute Gasteiger partial charge is 0.495 e. The molecule has 0 saturated heterocycles. The molecular weight excluding hydrogens is 509 g/mol. The molecule has 5 nitrogen and oxygen atoms in total. The molecular formula is C29H43ClFNO4Si. The van der Waals surface area contributed by atoms with Crippen molar-refractivity contribution in [2.45, 2.75) is 84.9 Å². The van der Waals surface area contributed by atoms with Crippen molar-refractivity contribution in [2.75, 3.05) is 13.7 Å². The van der Waals surface area contributed by atoms with Crippen molar-refractivity contribution in [3.05, 3.63) is 58.1 Å². The van der Waals surface area contributed by atoms with Gasteiger partial charge >= 0.3 is 5.97 Å². The van der Waals surface area contributed by atoms with Gasteiger partial charge in [-0.15, -0.1) is 0 Å². The van der Waals surface area contributed by atoms with Gasteiger partial charge in [0.1, 0.15) is 17.5 Å². The third kappa shape index (κ3) is 7.77. The van der Waals surface area contributed by atoms with Gasteiger partial charge in [-0.2, -0.15) is 0 Å². The topological polar surface area (TPSA) is 68.7 Å². The summed E-state index contributed by atoms with van der Waals surface area (Å²) < 4.78 is 25.8. The summed E-state index contributed by atoms with van der Waals surface area (Å²) in [5, 5.41) is -0.167. The van der Waals surface area contributed by atoms with Crippen LogP contribution < -0.4 is 4.74 Å². The molecule has 1 aromatic carbocycles. The monoisotopic (exact) mass is 551 g/mol. The fourth-order valence-electron chi connectivity index (χ4n) is 4.51. The number of aromatic nitrogens is 1. The molecule has 0 amide bonds. The van der Waals surface area contributed by atoms with Gasteiger partial charge in [-0.3, -0.25) is 9.78 Å². The van der Waals surface area contributed by atoms with E-state index >= 15 is 0 Å².